The van der Waals surface area contributed by atoms with Crippen molar-refractivity contribution < 1.29 is 9.53 Å². The summed E-state index contributed by atoms with van der Waals surface area (Å²) in [4.78, 5) is 18.5. The van der Waals surface area contributed by atoms with Crippen LogP contribution in [-0.4, -0.2) is 30.5 Å². The van der Waals surface area contributed by atoms with Crippen LogP contribution in [0.25, 0.3) is 0 Å². The molecule has 1 aromatic heterocycles. The average molecular weight is 337 g/mol. The highest BCUT2D eigenvalue weighted by Crippen LogP contribution is 2.28. The first-order chi connectivity index (χ1) is 10.7. The van der Waals surface area contributed by atoms with E-state index >= 15 is 0 Å². The van der Waals surface area contributed by atoms with Gasteiger partial charge in [-0.05, 0) is 31.2 Å². The number of hydrogen-bond acceptors (Lipinski definition) is 5. The minimum Gasteiger partial charge on any atom is -0.490 e. The van der Waals surface area contributed by atoms with E-state index in [1.54, 1.807) is 0 Å². The number of aryl methyl sites for hydroxylation is 1. The number of ether oxygens (including phenoxy) is 1. The van der Waals surface area contributed by atoms with Crippen molar-refractivity contribution in [3.05, 3.63) is 39.2 Å². The highest BCUT2D eigenvalue weighted by Gasteiger charge is 2.24. The van der Waals surface area contributed by atoms with Crippen molar-refractivity contribution in [2.45, 2.75) is 25.9 Å². The normalized spacial score (nSPS) is 15.8. The van der Waals surface area contributed by atoms with E-state index in [0.29, 0.717) is 5.02 Å². The first kappa shape index (κ1) is 15.3. The number of carbonyl (C=O) groups excluding carboxylic acids is 1. The lowest BCUT2D eigenvalue weighted by Crippen LogP contribution is -2.38. The number of nitrogens with zero attached hydrogens (tertiary/aromatic N) is 2. The molecule has 0 saturated carbocycles. The molecule has 3 rings (SSSR count). The molecule has 1 fully saturated rings. The van der Waals surface area contributed by atoms with Gasteiger partial charge in [-0.3, -0.25) is 4.79 Å². The third-order valence-corrected chi connectivity index (χ3v) is 4.84. The number of anilines is 1. The summed E-state index contributed by atoms with van der Waals surface area (Å²) in [5.41, 5.74) is 0. The Labute approximate surface area is 138 Å². The fraction of sp³-hybridized carbons (Fsp3) is 0.375. The van der Waals surface area contributed by atoms with E-state index in [0.717, 1.165) is 53.7 Å². The molecule has 0 amide bonds. The van der Waals surface area contributed by atoms with Gasteiger partial charge in [-0.25, -0.2) is 4.98 Å². The Balaban J connectivity index is 1.60. The Kier molecular flexibility index (Phi) is 4.64. The van der Waals surface area contributed by atoms with Gasteiger partial charge in [0.05, 0.1) is 5.01 Å². The molecule has 1 saturated heterocycles. The minimum absolute atomic E-state index is 0.192. The lowest BCUT2D eigenvalue weighted by Gasteiger charge is -2.32. The first-order valence-electron chi connectivity index (χ1n) is 7.25. The predicted octanol–water partition coefficient (Wildman–Crippen LogP) is 3.97. The summed E-state index contributed by atoms with van der Waals surface area (Å²) in [6, 6.07) is 7.45. The Hall–Kier alpha value is -1.59. The quantitative estimate of drug-likeness (QED) is 0.792. The summed E-state index contributed by atoms with van der Waals surface area (Å²) in [5, 5.41) is 1.64. The summed E-state index contributed by atoms with van der Waals surface area (Å²) in [7, 11) is 0. The van der Waals surface area contributed by atoms with E-state index in [9.17, 15) is 4.79 Å². The summed E-state index contributed by atoms with van der Waals surface area (Å²) >= 11 is 7.32. The maximum absolute atomic E-state index is 11.1. The number of thiazole rings is 1. The molecule has 22 heavy (non-hydrogen) atoms. The lowest BCUT2D eigenvalue weighted by atomic mass is 10.1. The van der Waals surface area contributed by atoms with E-state index < -0.39 is 0 Å². The van der Waals surface area contributed by atoms with Crippen LogP contribution in [0.1, 0.15) is 27.5 Å². The van der Waals surface area contributed by atoms with Gasteiger partial charge in [0.2, 0.25) is 0 Å². The fourth-order valence-electron chi connectivity index (χ4n) is 2.63. The Morgan fingerprint density at radius 1 is 1.32 bits per heavy atom. The second-order valence-electron chi connectivity index (χ2n) is 5.30. The number of carbonyl (C=O) groups is 1. The van der Waals surface area contributed by atoms with Crippen LogP contribution in [0.2, 0.25) is 5.02 Å². The van der Waals surface area contributed by atoms with Crippen LogP contribution in [0.15, 0.2) is 24.3 Å². The third-order valence-electron chi connectivity index (χ3n) is 3.71. The summed E-state index contributed by atoms with van der Waals surface area (Å²) in [5.74, 6) is 1.67. The second kappa shape index (κ2) is 6.67. The van der Waals surface area contributed by atoms with Gasteiger partial charge >= 0.3 is 0 Å². The molecule has 0 radical (unpaired) electrons. The zero-order valence-electron chi connectivity index (χ0n) is 12.3. The maximum atomic E-state index is 11.1. The number of piperidine rings is 1. The van der Waals surface area contributed by atoms with Gasteiger partial charge in [-0.15, -0.1) is 11.3 Å². The molecule has 0 unspecified atom stereocenters. The molecule has 116 valence electrons. The Morgan fingerprint density at radius 2 is 2.00 bits per heavy atom. The fourth-order valence-corrected chi connectivity index (χ4v) is 3.52. The van der Waals surface area contributed by atoms with Gasteiger partial charge in [0.25, 0.3) is 0 Å². The van der Waals surface area contributed by atoms with Crippen LogP contribution in [-0.2, 0) is 0 Å². The molecular weight excluding hydrogens is 320 g/mol. The number of benzene rings is 1. The number of aldehydes is 1. The third kappa shape index (κ3) is 3.42. The molecule has 4 nitrogen and oxygen atoms in total. The molecule has 6 heteroatoms. The van der Waals surface area contributed by atoms with Crippen LogP contribution in [0.3, 0.4) is 0 Å². The molecule has 2 heterocycles. The van der Waals surface area contributed by atoms with Gasteiger partial charge in [-0.2, -0.15) is 0 Å². The summed E-state index contributed by atoms with van der Waals surface area (Å²) < 4.78 is 5.98. The molecule has 1 aliphatic heterocycles. The summed E-state index contributed by atoms with van der Waals surface area (Å²) in [6.45, 7) is 3.63. The smallest absolute Gasteiger partial charge is 0.163 e. The minimum atomic E-state index is 0.192. The molecule has 0 atom stereocenters. The highest BCUT2D eigenvalue weighted by atomic mass is 35.5. The van der Waals surface area contributed by atoms with Gasteiger partial charge in [-0.1, -0.05) is 11.6 Å². The molecule has 1 aliphatic rings. The molecule has 0 bridgehead atoms. The van der Waals surface area contributed by atoms with Crippen LogP contribution < -0.4 is 9.64 Å². The van der Waals surface area contributed by atoms with Gasteiger partial charge < -0.3 is 9.64 Å². The van der Waals surface area contributed by atoms with Crippen molar-refractivity contribution in [3.8, 4) is 5.75 Å². The first-order valence-corrected chi connectivity index (χ1v) is 8.45. The van der Waals surface area contributed by atoms with Crippen molar-refractivity contribution in [3.63, 3.8) is 0 Å². The number of aromatic nitrogens is 1. The van der Waals surface area contributed by atoms with E-state index in [1.807, 2.05) is 31.2 Å². The van der Waals surface area contributed by atoms with Crippen molar-refractivity contribution in [2.75, 3.05) is 18.0 Å². The second-order valence-corrected chi connectivity index (χ2v) is 6.97. The molecule has 0 N–H and O–H groups in total. The molecular formula is C16H17ClN2O2S. The van der Waals surface area contributed by atoms with Crippen LogP contribution in [0.4, 0.5) is 5.82 Å². The number of hydrogen-bond donors (Lipinski definition) is 0. The van der Waals surface area contributed by atoms with E-state index in [2.05, 4.69) is 9.88 Å². The van der Waals surface area contributed by atoms with Gasteiger partial charge in [0.15, 0.2) is 12.1 Å². The monoisotopic (exact) mass is 336 g/mol. The molecule has 1 aromatic carbocycles. The topological polar surface area (TPSA) is 42.4 Å². The zero-order valence-corrected chi connectivity index (χ0v) is 13.9. The SMILES string of the molecule is Cc1nc(N2CCC(Oc3ccc(Cl)cc3)CC2)c(C=O)s1. The van der Waals surface area contributed by atoms with Crippen molar-refractivity contribution in [1.29, 1.82) is 0 Å². The predicted molar refractivity (Wildman–Crippen MR) is 89.6 cm³/mol. The van der Waals surface area contributed by atoms with E-state index in [-0.39, 0.29) is 6.10 Å². The zero-order chi connectivity index (χ0) is 15.5. The Bertz CT molecular complexity index is 649. The van der Waals surface area contributed by atoms with Crippen molar-refractivity contribution in [2.24, 2.45) is 0 Å². The number of rotatable bonds is 4. The van der Waals surface area contributed by atoms with Crippen molar-refractivity contribution >= 4 is 35.0 Å². The highest BCUT2D eigenvalue weighted by molar-refractivity contribution is 7.13. The number of halogens is 1. The standard InChI is InChI=1S/C16H17ClN2O2S/c1-11-18-16(15(10-20)22-11)19-8-6-14(7-9-19)21-13-4-2-12(17)3-5-13/h2-5,10,14H,6-9H2,1H3. The van der Waals surface area contributed by atoms with E-state index in [4.69, 9.17) is 16.3 Å². The molecule has 0 aliphatic carbocycles. The largest absolute Gasteiger partial charge is 0.490 e. The molecule has 0 spiro atoms. The maximum Gasteiger partial charge on any atom is 0.163 e. The van der Waals surface area contributed by atoms with Gasteiger partial charge in [0, 0.05) is 31.0 Å². The molecule has 2 aromatic rings. The van der Waals surface area contributed by atoms with Crippen LogP contribution in [0, 0.1) is 6.92 Å². The summed E-state index contributed by atoms with van der Waals surface area (Å²) in [6.07, 6.45) is 2.92. The van der Waals surface area contributed by atoms with Gasteiger partial charge in [0.1, 0.15) is 16.7 Å². The van der Waals surface area contributed by atoms with Crippen molar-refractivity contribution in [1.82, 2.24) is 4.98 Å². The Morgan fingerprint density at radius 3 is 2.64 bits per heavy atom. The lowest BCUT2D eigenvalue weighted by molar-refractivity contribution is 0.112. The average Bonchev–Trinajstić information content (AvgIpc) is 2.91. The van der Waals surface area contributed by atoms with Crippen LogP contribution in [0.5, 0.6) is 5.75 Å². The van der Waals surface area contributed by atoms with Crippen LogP contribution >= 0.6 is 22.9 Å². The van der Waals surface area contributed by atoms with E-state index in [1.165, 1.54) is 11.3 Å².